The summed E-state index contributed by atoms with van der Waals surface area (Å²) < 4.78 is 0. The van der Waals surface area contributed by atoms with Crippen LogP contribution in [0.1, 0.15) is 60.3 Å². The van der Waals surface area contributed by atoms with Gasteiger partial charge in [0.2, 0.25) is 0 Å². The van der Waals surface area contributed by atoms with Crippen LogP contribution in [0.2, 0.25) is 0 Å². The van der Waals surface area contributed by atoms with Crippen LogP contribution in [0.25, 0.3) is 0 Å². The van der Waals surface area contributed by atoms with Crippen LogP contribution in [0.5, 0.6) is 0 Å². The van der Waals surface area contributed by atoms with Crippen molar-refractivity contribution < 1.29 is 0 Å². The number of hydrogen-bond acceptors (Lipinski definition) is 2. The molecule has 0 saturated carbocycles. The van der Waals surface area contributed by atoms with Crippen LogP contribution >= 0.6 is 0 Å². The summed E-state index contributed by atoms with van der Waals surface area (Å²) in [6.07, 6.45) is 5.26. The average Bonchev–Trinajstić information content (AvgIpc) is 2.52. The van der Waals surface area contributed by atoms with E-state index in [9.17, 15) is 0 Å². The van der Waals surface area contributed by atoms with Crippen molar-refractivity contribution >= 4 is 0 Å². The van der Waals surface area contributed by atoms with Gasteiger partial charge in [-0.2, -0.15) is 0 Å². The van der Waals surface area contributed by atoms with Crippen molar-refractivity contribution in [1.82, 2.24) is 10.2 Å². The smallest absolute Gasteiger partial charge is 0.0220 e. The van der Waals surface area contributed by atoms with Crippen molar-refractivity contribution in [3.8, 4) is 0 Å². The molecule has 18 heavy (non-hydrogen) atoms. The largest absolute Gasteiger partial charge is 0.312 e. The first kappa shape index (κ1) is 16.0. The zero-order valence-corrected chi connectivity index (χ0v) is 13.2. The standard InChI is InChI=1S/C16H34N2/c1-6-8-13(3)11-18-12-16(14(4)7-2)17-10-9-15(18)5/h13-17H,6-12H2,1-5H3. The van der Waals surface area contributed by atoms with Gasteiger partial charge in [-0.3, -0.25) is 4.90 Å². The Hall–Kier alpha value is -0.0800. The van der Waals surface area contributed by atoms with Crippen LogP contribution in [0.4, 0.5) is 0 Å². The zero-order valence-electron chi connectivity index (χ0n) is 13.2. The highest BCUT2D eigenvalue weighted by atomic mass is 15.2. The summed E-state index contributed by atoms with van der Waals surface area (Å²) in [6, 6.07) is 1.43. The van der Waals surface area contributed by atoms with Crippen LogP contribution in [-0.4, -0.2) is 36.6 Å². The Bertz CT molecular complexity index is 217. The lowest BCUT2D eigenvalue weighted by molar-refractivity contribution is 0.162. The van der Waals surface area contributed by atoms with E-state index in [1.165, 1.54) is 45.3 Å². The van der Waals surface area contributed by atoms with Crippen molar-refractivity contribution in [3.05, 3.63) is 0 Å². The molecule has 0 aromatic heterocycles. The third-order valence-corrected chi connectivity index (χ3v) is 4.68. The Morgan fingerprint density at radius 2 is 2.00 bits per heavy atom. The van der Waals surface area contributed by atoms with Gasteiger partial charge in [0.1, 0.15) is 0 Å². The lowest BCUT2D eigenvalue weighted by Crippen LogP contribution is -2.44. The van der Waals surface area contributed by atoms with Gasteiger partial charge in [-0.1, -0.05) is 40.5 Å². The van der Waals surface area contributed by atoms with Crippen molar-refractivity contribution in [1.29, 1.82) is 0 Å². The molecule has 1 aliphatic heterocycles. The minimum absolute atomic E-state index is 0.689. The fourth-order valence-electron chi connectivity index (χ4n) is 3.06. The molecular weight excluding hydrogens is 220 g/mol. The summed E-state index contributed by atoms with van der Waals surface area (Å²) in [5.74, 6) is 1.63. The fourth-order valence-corrected chi connectivity index (χ4v) is 3.06. The Kier molecular flexibility index (Phi) is 7.25. The molecule has 2 heteroatoms. The van der Waals surface area contributed by atoms with Crippen molar-refractivity contribution in [3.63, 3.8) is 0 Å². The molecule has 0 spiro atoms. The highest BCUT2D eigenvalue weighted by Crippen LogP contribution is 2.18. The zero-order chi connectivity index (χ0) is 13.5. The highest BCUT2D eigenvalue weighted by Gasteiger charge is 2.26. The van der Waals surface area contributed by atoms with E-state index in [-0.39, 0.29) is 0 Å². The summed E-state index contributed by atoms with van der Waals surface area (Å²) in [5.41, 5.74) is 0. The molecule has 4 atom stereocenters. The molecule has 0 aromatic rings. The van der Waals surface area contributed by atoms with Crippen LogP contribution in [-0.2, 0) is 0 Å². The van der Waals surface area contributed by atoms with E-state index >= 15 is 0 Å². The molecule has 0 radical (unpaired) electrons. The first-order valence-electron chi connectivity index (χ1n) is 8.05. The maximum absolute atomic E-state index is 3.76. The van der Waals surface area contributed by atoms with Crippen molar-refractivity contribution in [2.24, 2.45) is 11.8 Å². The van der Waals surface area contributed by atoms with Gasteiger partial charge < -0.3 is 5.32 Å². The summed E-state index contributed by atoms with van der Waals surface area (Å²) >= 11 is 0. The highest BCUT2D eigenvalue weighted by molar-refractivity contribution is 4.84. The van der Waals surface area contributed by atoms with Crippen LogP contribution in [0, 0.1) is 11.8 Å². The van der Waals surface area contributed by atoms with E-state index in [0.717, 1.165) is 17.9 Å². The summed E-state index contributed by atoms with van der Waals surface area (Å²) in [7, 11) is 0. The minimum Gasteiger partial charge on any atom is -0.312 e. The second kappa shape index (κ2) is 8.16. The van der Waals surface area contributed by atoms with E-state index in [2.05, 4.69) is 44.8 Å². The molecule has 0 aliphatic carbocycles. The fraction of sp³-hybridized carbons (Fsp3) is 1.00. The van der Waals surface area contributed by atoms with Crippen LogP contribution in [0.15, 0.2) is 0 Å². The molecule has 1 N–H and O–H groups in total. The Labute approximate surface area is 115 Å². The predicted octanol–water partition coefficient (Wildman–Crippen LogP) is 3.52. The molecule has 0 bridgehead atoms. The number of nitrogens with one attached hydrogen (secondary N) is 1. The second-order valence-corrected chi connectivity index (χ2v) is 6.43. The number of nitrogens with zero attached hydrogens (tertiary/aromatic N) is 1. The molecule has 1 heterocycles. The quantitative estimate of drug-likeness (QED) is 0.780. The van der Waals surface area contributed by atoms with Crippen LogP contribution < -0.4 is 5.32 Å². The van der Waals surface area contributed by atoms with E-state index < -0.39 is 0 Å². The molecule has 0 amide bonds. The molecule has 1 aliphatic rings. The van der Waals surface area contributed by atoms with Crippen molar-refractivity contribution in [2.45, 2.75) is 72.4 Å². The summed E-state index contributed by atoms with van der Waals surface area (Å²) in [6.45, 7) is 15.5. The normalized spacial score (nSPS) is 29.8. The lowest BCUT2D eigenvalue weighted by atomic mass is 9.98. The summed E-state index contributed by atoms with van der Waals surface area (Å²) in [4.78, 5) is 2.73. The third kappa shape index (κ3) is 4.89. The molecule has 108 valence electrons. The average molecular weight is 254 g/mol. The van der Waals surface area contributed by atoms with E-state index in [0.29, 0.717) is 6.04 Å². The molecule has 1 rings (SSSR count). The number of rotatable bonds is 6. The third-order valence-electron chi connectivity index (χ3n) is 4.68. The lowest BCUT2D eigenvalue weighted by Gasteiger charge is -2.33. The monoisotopic (exact) mass is 254 g/mol. The molecule has 2 nitrogen and oxygen atoms in total. The second-order valence-electron chi connectivity index (χ2n) is 6.43. The van der Waals surface area contributed by atoms with Gasteiger partial charge in [0.05, 0.1) is 0 Å². The Morgan fingerprint density at radius 3 is 2.61 bits per heavy atom. The van der Waals surface area contributed by atoms with Gasteiger partial charge in [-0.15, -0.1) is 0 Å². The predicted molar refractivity (Wildman–Crippen MR) is 81.0 cm³/mol. The topological polar surface area (TPSA) is 15.3 Å². The number of hydrogen-bond donors (Lipinski definition) is 1. The molecule has 4 unspecified atom stereocenters. The molecule has 1 fully saturated rings. The molecule has 0 aromatic carbocycles. The molecule has 1 saturated heterocycles. The Balaban J connectivity index is 2.55. The van der Waals surface area contributed by atoms with Gasteiger partial charge in [-0.05, 0) is 38.1 Å². The van der Waals surface area contributed by atoms with Crippen LogP contribution in [0.3, 0.4) is 0 Å². The van der Waals surface area contributed by atoms with Gasteiger partial charge >= 0.3 is 0 Å². The molecular formula is C16H34N2. The first-order chi connectivity index (χ1) is 8.58. The summed E-state index contributed by atoms with van der Waals surface area (Å²) in [5, 5.41) is 3.76. The van der Waals surface area contributed by atoms with Gasteiger partial charge in [0.15, 0.2) is 0 Å². The minimum atomic E-state index is 0.689. The maximum atomic E-state index is 3.76. The van der Waals surface area contributed by atoms with Gasteiger partial charge in [-0.25, -0.2) is 0 Å². The van der Waals surface area contributed by atoms with E-state index in [4.69, 9.17) is 0 Å². The first-order valence-corrected chi connectivity index (χ1v) is 8.05. The Morgan fingerprint density at radius 1 is 1.28 bits per heavy atom. The van der Waals surface area contributed by atoms with Crippen molar-refractivity contribution in [2.75, 3.05) is 19.6 Å². The SMILES string of the molecule is CCCC(C)CN1CC(C(C)CC)NCCC1C. The maximum Gasteiger partial charge on any atom is 0.0220 e. The van der Waals surface area contributed by atoms with E-state index in [1.807, 2.05) is 0 Å². The van der Waals surface area contributed by atoms with Gasteiger partial charge in [0, 0.05) is 25.2 Å². The van der Waals surface area contributed by atoms with E-state index in [1.54, 1.807) is 0 Å². The van der Waals surface area contributed by atoms with Gasteiger partial charge in [0.25, 0.3) is 0 Å².